The van der Waals surface area contributed by atoms with Crippen molar-refractivity contribution >= 4 is 22.7 Å². The van der Waals surface area contributed by atoms with Gasteiger partial charge in [0.1, 0.15) is 11.5 Å². The Morgan fingerprint density at radius 3 is 2.57 bits per heavy atom. The van der Waals surface area contributed by atoms with Gasteiger partial charge in [-0.1, -0.05) is 23.5 Å². The molecule has 0 spiro atoms. The van der Waals surface area contributed by atoms with E-state index >= 15 is 0 Å². The topological polar surface area (TPSA) is 54.7 Å². The number of thiazole rings is 1. The summed E-state index contributed by atoms with van der Waals surface area (Å²) in [6.45, 7) is 2.02. The van der Waals surface area contributed by atoms with Crippen molar-refractivity contribution in [1.29, 1.82) is 0 Å². The first kappa shape index (κ1) is 15.2. The van der Waals surface area contributed by atoms with E-state index in [0.29, 0.717) is 10.7 Å². The van der Waals surface area contributed by atoms with E-state index in [1.165, 1.54) is 11.3 Å². The van der Waals surface area contributed by atoms with Crippen LogP contribution in [0.2, 0.25) is 0 Å². The fourth-order valence-corrected chi connectivity index (χ4v) is 2.95. The van der Waals surface area contributed by atoms with Crippen LogP contribution in [-0.4, -0.2) is 23.4 Å². The minimum atomic E-state index is 0.208. The maximum atomic E-state index is 9.76. The highest BCUT2D eigenvalue weighted by atomic mass is 32.1. The SMILES string of the molecule is COc1ccc(-c2nc(/N=C/c3ccccc3O)sc2C)cc1. The zero-order valence-electron chi connectivity index (χ0n) is 12.9. The highest BCUT2D eigenvalue weighted by Crippen LogP contribution is 2.32. The first-order valence-corrected chi connectivity index (χ1v) is 7.93. The lowest BCUT2D eigenvalue weighted by Crippen LogP contribution is -1.84. The number of methoxy groups -OCH3 is 1. The van der Waals surface area contributed by atoms with E-state index < -0.39 is 0 Å². The van der Waals surface area contributed by atoms with Crippen LogP contribution in [0, 0.1) is 6.92 Å². The van der Waals surface area contributed by atoms with Crippen molar-refractivity contribution in [2.45, 2.75) is 6.92 Å². The lowest BCUT2D eigenvalue weighted by atomic mass is 10.1. The van der Waals surface area contributed by atoms with Gasteiger partial charge in [-0.25, -0.2) is 9.98 Å². The van der Waals surface area contributed by atoms with Gasteiger partial charge in [0, 0.05) is 22.2 Å². The molecule has 1 heterocycles. The highest BCUT2D eigenvalue weighted by Gasteiger charge is 2.09. The fourth-order valence-electron chi connectivity index (χ4n) is 2.18. The zero-order chi connectivity index (χ0) is 16.2. The van der Waals surface area contributed by atoms with E-state index in [-0.39, 0.29) is 5.75 Å². The monoisotopic (exact) mass is 324 g/mol. The lowest BCUT2D eigenvalue weighted by Gasteiger charge is -2.01. The van der Waals surface area contributed by atoms with Gasteiger partial charge in [0.15, 0.2) is 0 Å². The Labute approximate surface area is 138 Å². The van der Waals surface area contributed by atoms with Crippen molar-refractivity contribution in [3.63, 3.8) is 0 Å². The number of ether oxygens (including phenoxy) is 1. The molecule has 0 saturated heterocycles. The second kappa shape index (κ2) is 6.62. The molecule has 23 heavy (non-hydrogen) atoms. The third-order valence-electron chi connectivity index (χ3n) is 3.40. The maximum absolute atomic E-state index is 9.76. The average molecular weight is 324 g/mol. The molecule has 0 fully saturated rings. The van der Waals surface area contributed by atoms with Crippen molar-refractivity contribution in [3.8, 4) is 22.8 Å². The molecule has 3 rings (SSSR count). The number of benzene rings is 2. The number of aliphatic imine (C=N–C) groups is 1. The normalized spacial score (nSPS) is 11.0. The number of aromatic hydroxyl groups is 1. The van der Waals surface area contributed by atoms with Crippen LogP contribution in [0.3, 0.4) is 0 Å². The van der Waals surface area contributed by atoms with Gasteiger partial charge < -0.3 is 9.84 Å². The summed E-state index contributed by atoms with van der Waals surface area (Å²) < 4.78 is 5.17. The fraction of sp³-hybridized carbons (Fsp3) is 0.111. The standard InChI is InChI=1S/C18H16N2O2S/c1-12-17(13-7-9-15(22-2)10-8-13)20-18(23-12)19-11-14-5-3-4-6-16(14)21/h3-11,21H,1-2H3/b19-11+. The van der Waals surface area contributed by atoms with Gasteiger partial charge in [-0.15, -0.1) is 0 Å². The van der Waals surface area contributed by atoms with Crippen molar-refractivity contribution in [3.05, 3.63) is 59.0 Å². The molecule has 2 aromatic carbocycles. The molecule has 5 heteroatoms. The Bertz CT molecular complexity index is 838. The third kappa shape index (κ3) is 3.40. The smallest absolute Gasteiger partial charge is 0.209 e. The van der Waals surface area contributed by atoms with Crippen LogP contribution in [-0.2, 0) is 0 Å². The first-order chi connectivity index (χ1) is 11.2. The van der Waals surface area contributed by atoms with Crippen LogP contribution in [0.15, 0.2) is 53.5 Å². The number of rotatable bonds is 4. The number of phenols is 1. The van der Waals surface area contributed by atoms with E-state index in [4.69, 9.17) is 4.74 Å². The summed E-state index contributed by atoms with van der Waals surface area (Å²) in [6, 6.07) is 14.9. The second-order valence-electron chi connectivity index (χ2n) is 4.95. The van der Waals surface area contributed by atoms with E-state index in [0.717, 1.165) is 21.9 Å². The summed E-state index contributed by atoms with van der Waals surface area (Å²) in [5, 5.41) is 10.4. The van der Waals surface area contributed by atoms with Gasteiger partial charge in [-0.05, 0) is 43.3 Å². The molecule has 0 unspecified atom stereocenters. The molecule has 0 aliphatic heterocycles. The number of aryl methyl sites for hydroxylation is 1. The largest absolute Gasteiger partial charge is 0.507 e. The zero-order valence-corrected chi connectivity index (χ0v) is 13.7. The Balaban J connectivity index is 1.87. The molecule has 0 atom stereocenters. The van der Waals surface area contributed by atoms with Crippen LogP contribution in [0.4, 0.5) is 5.13 Å². The Kier molecular flexibility index (Phi) is 4.39. The Morgan fingerprint density at radius 1 is 1.13 bits per heavy atom. The van der Waals surface area contributed by atoms with Crippen molar-refractivity contribution in [2.75, 3.05) is 7.11 Å². The molecule has 0 aliphatic carbocycles. The minimum absolute atomic E-state index is 0.208. The third-order valence-corrected chi connectivity index (χ3v) is 4.28. The van der Waals surface area contributed by atoms with Crippen LogP contribution >= 0.6 is 11.3 Å². The molecule has 4 nitrogen and oxygen atoms in total. The quantitative estimate of drug-likeness (QED) is 0.715. The van der Waals surface area contributed by atoms with Gasteiger partial charge in [0.05, 0.1) is 12.8 Å². The highest BCUT2D eigenvalue weighted by molar-refractivity contribution is 7.15. The molecule has 116 valence electrons. The predicted molar refractivity (Wildman–Crippen MR) is 94.2 cm³/mol. The molecule has 1 aromatic heterocycles. The van der Waals surface area contributed by atoms with E-state index in [1.54, 1.807) is 25.5 Å². The molecular formula is C18H16N2O2S. The molecule has 3 aromatic rings. The van der Waals surface area contributed by atoms with Crippen LogP contribution in [0.5, 0.6) is 11.5 Å². The summed E-state index contributed by atoms with van der Waals surface area (Å²) in [5.41, 5.74) is 2.62. The summed E-state index contributed by atoms with van der Waals surface area (Å²) in [6.07, 6.45) is 1.63. The number of phenolic OH excluding ortho intramolecular Hbond substituents is 1. The number of aromatic nitrogens is 1. The molecule has 0 amide bonds. The van der Waals surface area contributed by atoms with E-state index in [9.17, 15) is 5.11 Å². The molecule has 1 N–H and O–H groups in total. The minimum Gasteiger partial charge on any atom is -0.507 e. The number of hydrogen-bond donors (Lipinski definition) is 1. The maximum Gasteiger partial charge on any atom is 0.209 e. The van der Waals surface area contributed by atoms with Gasteiger partial charge in [0.2, 0.25) is 5.13 Å². The van der Waals surface area contributed by atoms with Crippen molar-refractivity contribution in [2.24, 2.45) is 4.99 Å². The van der Waals surface area contributed by atoms with Gasteiger partial charge in [0.25, 0.3) is 0 Å². The molecule has 0 saturated carbocycles. The Morgan fingerprint density at radius 2 is 1.87 bits per heavy atom. The first-order valence-electron chi connectivity index (χ1n) is 7.11. The molecule has 0 radical (unpaired) electrons. The Hall–Kier alpha value is -2.66. The number of hydrogen-bond acceptors (Lipinski definition) is 5. The van der Waals surface area contributed by atoms with Gasteiger partial charge in [-0.3, -0.25) is 0 Å². The summed E-state index contributed by atoms with van der Waals surface area (Å²) in [4.78, 5) is 10.1. The molecule has 0 aliphatic rings. The molecular weight excluding hydrogens is 308 g/mol. The summed E-state index contributed by atoms with van der Waals surface area (Å²) >= 11 is 1.52. The van der Waals surface area contributed by atoms with E-state index in [2.05, 4.69) is 9.98 Å². The summed E-state index contributed by atoms with van der Waals surface area (Å²) in [5.74, 6) is 1.03. The van der Waals surface area contributed by atoms with Crippen LogP contribution in [0.1, 0.15) is 10.4 Å². The average Bonchev–Trinajstić information content (AvgIpc) is 2.95. The van der Waals surface area contributed by atoms with Crippen LogP contribution in [0.25, 0.3) is 11.3 Å². The number of para-hydroxylation sites is 1. The van der Waals surface area contributed by atoms with Gasteiger partial charge >= 0.3 is 0 Å². The predicted octanol–water partition coefficient (Wildman–Crippen LogP) is 4.58. The van der Waals surface area contributed by atoms with Gasteiger partial charge in [-0.2, -0.15) is 0 Å². The van der Waals surface area contributed by atoms with Crippen molar-refractivity contribution in [1.82, 2.24) is 4.98 Å². The summed E-state index contributed by atoms with van der Waals surface area (Å²) in [7, 11) is 1.65. The second-order valence-corrected chi connectivity index (χ2v) is 6.13. The van der Waals surface area contributed by atoms with Crippen molar-refractivity contribution < 1.29 is 9.84 Å². The van der Waals surface area contributed by atoms with Crippen LogP contribution < -0.4 is 4.74 Å². The number of nitrogens with zero attached hydrogens (tertiary/aromatic N) is 2. The molecule has 0 bridgehead atoms. The van der Waals surface area contributed by atoms with E-state index in [1.807, 2.05) is 43.3 Å². The lowest BCUT2D eigenvalue weighted by molar-refractivity contribution is 0.415.